The topological polar surface area (TPSA) is 30.3 Å². The smallest absolute Gasteiger partial charge is 0.111 e. The van der Waals surface area contributed by atoms with E-state index in [2.05, 4.69) is 33.6 Å². The lowest BCUT2D eigenvalue weighted by atomic mass is 10.0. The van der Waals surface area contributed by atoms with Crippen LogP contribution in [0.2, 0.25) is 0 Å². The number of aryl methyl sites for hydroxylation is 1. The summed E-state index contributed by atoms with van der Waals surface area (Å²) in [5.41, 5.74) is 0. The van der Waals surface area contributed by atoms with Gasteiger partial charge in [-0.3, -0.25) is 4.90 Å². The summed E-state index contributed by atoms with van der Waals surface area (Å²) in [5, 5.41) is 0. The second kappa shape index (κ2) is 6.44. The van der Waals surface area contributed by atoms with Crippen molar-refractivity contribution in [1.29, 1.82) is 0 Å². The van der Waals surface area contributed by atoms with Crippen LogP contribution in [0.3, 0.4) is 0 Å². The number of ether oxygens (including phenoxy) is 1. The number of aromatic nitrogens is 2. The van der Waals surface area contributed by atoms with E-state index in [0.29, 0.717) is 12.1 Å². The second-order valence-corrected chi connectivity index (χ2v) is 5.87. The molecule has 110 valence electrons. The van der Waals surface area contributed by atoms with Crippen LogP contribution in [0.4, 0.5) is 0 Å². The van der Waals surface area contributed by atoms with Gasteiger partial charge >= 0.3 is 0 Å². The highest BCUT2D eigenvalue weighted by atomic mass is 16.5. The number of likely N-dealkylation sites (tertiary alicyclic amines) is 1. The van der Waals surface area contributed by atoms with Gasteiger partial charge in [-0.15, -0.1) is 0 Å². The molecule has 0 spiro atoms. The molecule has 0 N–H and O–H groups in total. The van der Waals surface area contributed by atoms with E-state index in [0.717, 1.165) is 32.4 Å². The Labute approximate surface area is 121 Å². The minimum absolute atomic E-state index is 0.382. The van der Waals surface area contributed by atoms with E-state index in [-0.39, 0.29) is 0 Å². The highest BCUT2D eigenvalue weighted by Gasteiger charge is 2.25. The molecule has 1 fully saturated rings. The highest BCUT2D eigenvalue weighted by molar-refractivity contribution is 4.97. The van der Waals surface area contributed by atoms with E-state index in [1.807, 2.05) is 12.5 Å². The SMILES string of the molecule is CCc1nccn1[C@@H]1CCCN(C[C@@H]2CCC=CO2)C1. The molecule has 2 atom stereocenters. The van der Waals surface area contributed by atoms with Gasteiger partial charge in [-0.25, -0.2) is 4.98 Å². The van der Waals surface area contributed by atoms with E-state index >= 15 is 0 Å². The Morgan fingerprint density at radius 3 is 3.15 bits per heavy atom. The third kappa shape index (κ3) is 3.06. The van der Waals surface area contributed by atoms with Crippen molar-refractivity contribution in [3.05, 3.63) is 30.6 Å². The third-order valence-electron chi connectivity index (χ3n) is 4.42. The Morgan fingerprint density at radius 1 is 1.40 bits per heavy atom. The maximum absolute atomic E-state index is 5.71. The quantitative estimate of drug-likeness (QED) is 0.846. The molecule has 0 bridgehead atoms. The van der Waals surface area contributed by atoms with Gasteiger partial charge in [0.2, 0.25) is 0 Å². The fraction of sp³-hybridized carbons (Fsp3) is 0.688. The first-order valence-corrected chi connectivity index (χ1v) is 7.91. The molecule has 1 aromatic heterocycles. The van der Waals surface area contributed by atoms with Crippen molar-refractivity contribution < 1.29 is 4.74 Å². The van der Waals surface area contributed by atoms with Crippen LogP contribution in [0, 0.1) is 0 Å². The van der Waals surface area contributed by atoms with Crippen molar-refractivity contribution in [3.8, 4) is 0 Å². The molecule has 4 heteroatoms. The molecule has 2 aliphatic heterocycles. The van der Waals surface area contributed by atoms with Gasteiger partial charge in [0.15, 0.2) is 0 Å². The average molecular weight is 275 g/mol. The average Bonchev–Trinajstić information content (AvgIpc) is 2.97. The number of hydrogen-bond donors (Lipinski definition) is 0. The summed E-state index contributed by atoms with van der Waals surface area (Å²) in [6, 6.07) is 0.584. The fourth-order valence-electron chi connectivity index (χ4n) is 3.38. The maximum atomic E-state index is 5.71. The first-order chi connectivity index (χ1) is 9.86. The van der Waals surface area contributed by atoms with Gasteiger partial charge in [-0.2, -0.15) is 0 Å². The molecular weight excluding hydrogens is 250 g/mol. The van der Waals surface area contributed by atoms with Crippen molar-refractivity contribution >= 4 is 0 Å². The summed E-state index contributed by atoms with van der Waals surface area (Å²) < 4.78 is 8.09. The zero-order valence-electron chi connectivity index (χ0n) is 12.4. The monoisotopic (exact) mass is 275 g/mol. The van der Waals surface area contributed by atoms with Crippen molar-refractivity contribution in [1.82, 2.24) is 14.5 Å². The van der Waals surface area contributed by atoms with E-state index < -0.39 is 0 Å². The van der Waals surface area contributed by atoms with Crippen LogP contribution >= 0.6 is 0 Å². The molecule has 20 heavy (non-hydrogen) atoms. The lowest BCUT2D eigenvalue weighted by molar-refractivity contribution is 0.0610. The van der Waals surface area contributed by atoms with Crippen LogP contribution in [0.25, 0.3) is 0 Å². The third-order valence-corrected chi connectivity index (χ3v) is 4.42. The van der Waals surface area contributed by atoms with Crippen LogP contribution in [0.5, 0.6) is 0 Å². The van der Waals surface area contributed by atoms with Gasteiger partial charge in [-0.05, 0) is 38.3 Å². The van der Waals surface area contributed by atoms with E-state index in [1.54, 1.807) is 0 Å². The van der Waals surface area contributed by atoms with Crippen molar-refractivity contribution in [2.75, 3.05) is 19.6 Å². The predicted octanol–water partition coefficient (Wildman–Crippen LogP) is 2.78. The van der Waals surface area contributed by atoms with Crippen LogP contribution < -0.4 is 0 Å². The maximum Gasteiger partial charge on any atom is 0.111 e. The van der Waals surface area contributed by atoms with Gasteiger partial charge in [0, 0.05) is 37.9 Å². The van der Waals surface area contributed by atoms with Gasteiger partial charge in [-0.1, -0.05) is 6.92 Å². The number of allylic oxidation sites excluding steroid dienone is 1. The van der Waals surface area contributed by atoms with Crippen LogP contribution in [-0.2, 0) is 11.2 Å². The molecular formula is C16H25N3O. The van der Waals surface area contributed by atoms with Crippen LogP contribution in [0.15, 0.2) is 24.7 Å². The summed E-state index contributed by atoms with van der Waals surface area (Å²) in [7, 11) is 0. The van der Waals surface area contributed by atoms with Gasteiger partial charge in [0.05, 0.1) is 6.26 Å². The van der Waals surface area contributed by atoms with Crippen molar-refractivity contribution in [2.24, 2.45) is 0 Å². The molecule has 0 amide bonds. The minimum Gasteiger partial charge on any atom is -0.497 e. The molecule has 1 aromatic rings. The zero-order valence-corrected chi connectivity index (χ0v) is 12.4. The number of piperidine rings is 1. The summed E-state index contributed by atoms with van der Waals surface area (Å²) >= 11 is 0. The van der Waals surface area contributed by atoms with E-state index in [1.165, 1.54) is 25.2 Å². The normalized spacial score (nSPS) is 27.4. The van der Waals surface area contributed by atoms with Gasteiger partial charge in [0.1, 0.15) is 11.9 Å². The highest BCUT2D eigenvalue weighted by Crippen LogP contribution is 2.24. The molecule has 0 saturated carbocycles. The fourth-order valence-corrected chi connectivity index (χ4v) is 3.38. The van der Waals surface area contributed by atoms with Crippen LogP contribution in [0.1, 0.15) is 44.5 Å². The summed E-state index contributed by atoms with van der Waals surface area (Å²) in [6.45, 7) is 5.59. The number of rotatable bonds is 4. The van der Waals surface area contributed by atoms with Crippen molar-refractivity contribution in [3.63, 3.8) is 0 Å². The summed E-state index contributed by atoms with van der Waals surface area (Å²) in [5.74, 6) is 1.22. The molecule has 0 aromatic carbocycles. The summed E-state index contributed by atoms with van der Waals surface area (Å²) in [6.07, 6.45) is 14.3. The Hall–Kier alpha value is -1.29. The Balaban J connectivity index is 1.60. The van der Waals surface area contributed by atoms with Crippen LogP contribution in [-0.4, -0.2) is 40.2 Å². The van der Waals surface area contributed by atoms with E-state index in [4.69, 9.17) is 4.74 Å². The molecule has 3 rings (SSSR count). The molecule has 2 aliphatic rings. The predicted molar refractivity (Wildman–Crippen MR) is 79.6 cm³/mol. The Bertz CT molecular complexity index is 454. The second-order valence-electron chi connectivity index (χ2n) is 5.87. The van der Waals surface area contributed by atoms with Gasteiger partial charge < -0.3 is 9.30 Å². The Kier molecular flexibility index (Phi) is 4.41. The van der Waals surface area contributed by atoms with Crippen molar-refractivity contribution in [2.45, 2.75) is 51.2 Å². The molecule has 0 unspecified atom stereocenters. The molecule has 0 aliphatic carbocycles. The zero-order chi connectivity index (χ0) is 13.8. The number of imidazole rings is 1. The molecule has 3 heterocycles. The molecule has 4 nitrogen and oxygen atoms in total. The lowest BCUT2D eigenvalue weighted by Crippen LogP contribution is -2.41. The van der Waals surface area contributed by atoms with E-state index in [9.17, 15) is 0 Å². The lowest BCUT2D eigenvalue weighted by Gasteiger charge is -2.36. The number of hydrogen-bond acceptors (Lipinski definition) is 3. The molecule has 1 saturated heterocycles. The van der Waals surface area contributed by atoms with Gasteiger partial charge in [0.25, 0.3) is 0 Å². The first-order valence-electron chi connectivity index (χ1n) is 7.91. The largest absolute Gasteiger partial charge is 0.497 e. The first kappa shape index (κ1) is 13.7. The standard InChI is InChI=1S/C16H25N3O/c1-2-16-17-8-10-19(16)14-6-5-9-18(12-14)13-15-7-3-4-11-20-15/h4,8,10-11,14-15H,2-3,5-7,9,12-13H2,1H3/t14-,15+/m1/s1. The molecule has 0 radical (unpaired) electrons. The number of nitrogens with zero attached hydrogens (tertiary/aromatic N) is 3. The Morgan fingerprint density at radius 2 is 2.35 bits per heavy atom. The minimum atomic E-state index is 0.382. The summed E-state index contributed by atoms with van der Waals surface area (Å²) in [4.78, 5) is 7.03.